The summed E-state index contributed by atoms with van der Waals surface area (Å²) < 4.78 is 6.84. The van der Waals surface area contributed by atoms with Crippen molar-refractivity contribution in [3.05, 3.63) is 212 Å². The van der Waals surface area contributed by atoms with Crippen molar-refractivity contribution in [3.63, 3.8) is 0 Å². The predicted molar refractivity (Wildman–Crippen MR) is 272 cm³/mol. The summed E-state index contributed by atoms with van der Waals surface area (Å²) in [5, 5.41) is 7.35. The van der Waals surface area contributed by atoms with E-state index in [1.807, 2.05) is 30.6 Å². The van der Waals surface area contributed by atoms with Gasteiger partial charge in [-0.25, -0.2) is 9.97 Å². The molecule has 6 heteroatoms. The summed E-state index contributed by atoms with van der Waals surface area (Å²) in [6.45, 7) is 13.4. The van der Waals surface area contributed by atoms with Crippen LogP contribution in [0.5, 0.6) is 0 Å². The van der Waals surface area contributed by atoms with Gasteiger partial charge in [0.05, 0.1) is 11.0 Å². The molecule has 0 fully saturated rings. The zero-order valence-corrected chi connectivity index (χ0v) is 40.2. The fraction of sp³-hybridized carbons (Fsp3) is 0.133. The number of nitrogens with zero attached hydrogens (tertiary/aromatic N) is 5. The molecule has 5 nitrogen and oxygen atoms in total. The molecule has 7 aromatic carbocycles. The van der Waals surface area contributed by atoms with Crippen molar-refractivity contribution in [1.29, 1.82) is 0 Å². The van der Waals surface area contributed by atoms with E-state index in [4.69, 9.17) is 4.98 Å². The fourth-order valence-corrected chi connectivity index (χ4v) is 9.52. The Hall–Kier alpha value is -7.07. The van der Waals surface area contributed by atoms with Crippen LogP contribution in [-0.2, 0) is 31.9 Å². The average Bonchev–Trinajstić information content (AvgIpc) is 3.97. The molecular weight excluding hydrogens is 986 g/mol. The summed E-state index contributed by atoms with van der Waals surface area (Å²) in [6.07, 6.45) is 3.83. The molecule has 12 aromatic rings. The van der Waals surface area contributed by atoms with Crippen molar-refractivity contribution in [1.82, 2.24) is 23.7 Å². The first-order valence-corrected chi connectivity index (χ1v) is 22.4. The van der Waals surface area contributed by atoms with Crippen LogP contribution in [-0.4, -0.2) is 23.7 Å². The molecule has 0 radical (unpaired) electrons. The number of benzene rings is 7. The molecule has 66 heavy (non-hydrogen) atoms. The summed E-state index contributed by atoms with van der Waals surface area (Å²) in [6, 6.07) is 69.3. The Balaban J connectivity index is 0.000000180. The molecule has 5 heterocycles. The quantitative estimate of drug-likeness (QED) is 0.165. The molecule has 0 amide bonds. The SMILES string of the molecule is CC(C)(C)c1ccnc(-n2c3[c-]cccc3c3cc(-c4cccc5c4c4ccccc4n5-c4ccccc4)ccc32)c1.CC(C)(C)c1ccnc(-n2c3[c-]cccc3c3ccccc32)c1.[Pt+2]. The van der Waals surface area contributed by atoms with Crippen LogP contribution in [0, 0.1) is 12.1 Å². The van der Waals surface area contributed by atoms with Crippen LogP contribution < -0.4 is 0 Å². The monoisotopic (exact) mass is 1030 g/mol. The third kappa shape index (κ3) is 7.32. The van der Waals surface area contributed by atoms with Crippen LogP contribution in [0.4, 0.5) is 0 Å². The number of hydrogen-bond acceptors (Lipinski definition) is 2. The molecule has 324 valence electrons. The zero-order valence-electron chi connectivity index (χ0n) is 38.0. The number of rotatable bonds is 4. The largest absolute Gasteiger partial charge is 2.00 e. The Bertz CT molecular complexity index is 3690. The van der Waals surface area contributed by atoms with Gasteiger partial charge in [-0.05, 0) is 105 Å². The fourth-order valence-electron chi connectivity index (χ4n) is 9.52. The molecule has 0 aliphatic heterocycles. The van der Waals surface area contributed by atoms with Gasteiger partial charge in [0.2, 0.25) is 0 Å². The van der Waals surface area contributed by atoms with Crippen molar-refractivity contribution in [2.45, 2.75) is 52.4 Å². The van der Waals surface area contributed by atoms with Crippen molar-refractivity contribution < 1.29 is 21.1 Å². The second kappa shape index (κ2) is 16.7. The van der Waals surface area contributed by atoms with E-state index in [1.165, 1.54) is 76.8 Å². The van der Waals surface area contributed by atoms with Crippen LogP contribution >= 0.6 is 0 Å². The molecule has 12 rings (SSSR count). The Labute approximate surface area is 400 Å². The zero-order chi connectivity index (χ0) is 44.5. The topological polar surface area (TPSA) is 40.6 Å². The van der Waals surface area contributed by atoms with Gasteiger partial charge in [-0.2, -0.15) is 48.5 Å². The van der Waals surface area contributed by atoms with Crippen molar-refractivity contribution in [2.24, 2.45) is 0 Å². The van der Waals surface area contributed by atoms with Gasteiger partial charge >= 0.3 is 21.1 Å². The first-order valence-electron chi connectivity index (χ1n) is 22.4. The maximum atomic E-state index is 4.82. The first kappa shape index (κ1) is 42.9. The van der Waals surface area contributed by atoms with Crippen molar-refractivity contribution >= 4 is 65.4 Å². The van der Waals surface area contributed by atoms with Gasteiger partial charge in [-0.1, -0.05) is 131 Å². The van der Waals surface area contributed by atoms with Crippen LogP contribution in [0.2, 0.25) is 0 Å². The van der Waals surface area contributed by atoms with E-state index in [2.05, 4.69) is 230 Å². The first-order chi connectivity index (χ1) is 31.5. The molecule has 0 aliphatic rings. The van der Waals surface area contributed by atoms with Gasteiger partial charge < -0.3 is 13.7 Å². The van der Waals surface area contributed by atoms with E-state index in [0.717, 1.165) is 28.2 Å². The number of pyridine rings is 2. The maximum Gasteiger partial charge on any atom is 2.00 e. The number of para-hydroxylation sites is 5. The summed E-state index contributed by atoms with van der Waals surface area (Å²) in [4.78, 5) is 9.46. The molecular formula is C60H49N5Pt. The number of aromatic nitrogens is 5. The average molecular weight is 1040 g/mol. The third-order valence-electron chi connectivity index (χ3n) is 12.8. The minimum absolute atomic E-state index is 0. The van der Waals surface area contributed by atoms with E-state index >= 15 is 0 Å². The molecule has 0 atom stereocenters. The minimum Gasteiger partial charge on any atom is -0.319 e. The standard InChI is InChI=1S/C39H30N3.C21H19N2.Pt/c1-39(2,3)27-22-23-40-37(25-27)42-33-17-9-7-14-30(33)32-24-26(20-21-35(32)42)29-16-11-19-36-38(29)31-15-8-10-18-34(31)41(36)28-12-5-4-6-13-28;1-21(2,3)15-12-13-22-20(14-15)23-18-10-6-4-8-16(18)17-9-5-7-11-19(17)23;/h4-16,18-25H,1-3H3;4-10,12-14H,1-3H3;/q2*-1;+2. The van der Waals surface area contributed by atoms with Crippen LogP contribution in [0.15, 0.2) is 188 Å². The molecule has 0 spiro atoms. The molecule has 0 N–H and O–H groups in total. The normalized spacial score (nSPS) is 12.0. The number of hydrogen-bond donors (Lipinski definition) is 0. The van der Waals surface area contributed by atoms with Gasteiger partial charge in [-0.15, -0.1) is 10.8 Å². The Morgan fingerprint density at radius 1 is 0.409 bits per heavy atom. The van der Waals surface area contributed by atoms with E-state index in [9.17, 15) is 0 Å². The second-order valence-corrected chi connectivity index (χ2v) is 19.0. The van der Waals surface area contributed by atoms with Crippen molar-refractivity contribution in [3.8, 4) is 28.5 Å². The van der Waals surface area contributed by atoms with Crippen LogP contribution in [0.25, 0.3) is 93.9 Å². The van der Waals surface area contributed by atoms with Gasteiger partial charge in [0.15, 0.2) is 0 Å². The van der Waals surface area contributed by atoms with Crippen molar-refractivity contribution in [2.75, 3.05) is 0 Å². The van der Waals surface area contributed by atoms with E-state index in [1.54, 1.807) is 0 Å². The predicted octanol–water partition coefficient (Wildman–Crippen LogP) is 15.3. The van der Waals surface area contributed by atoms with Gasteiger partial charge in [0.1, 0.15) is 11.6 Å². The maximum absolute atomic E-state index is 4.82. The van der Waals surface area contributed by atoms with Crippen LogP contribution in [0.1, 0.15) is 52.7 Å². The number of fused-ring (bicyclic) bond motifs is 9. The van der Waals surface area contributed by atoms with E-state index in [0.29, 0.717) is 0 Å². The molecule has 5 aromatic heterocycles. The molecule has 0 unspecified atom stereocenters. The molecule has 0 saturated heterocycles. The summed E-state index contributed by atoms with van der Waals surface area (Å²) in [7, 11) is 0. The summed E-state index contributed by atoms with van der Waals surface area (Å²) in [5.41, 5.74) is 13.1. The minimum atomic E-state index is 0. The summed E-state index contributed by atoms with van der Waals surface area (Å²) in [5.74, 6) is 1.87. The smallest absolute Gasteiger partial charge is 0.319 e. The van der Waals surface area contributed by atoms with E-state index < -0.39 is 0 Å². The Morgan fingerprint density at radius 2 is 0.909 bits per heavy atom. The molecule has 0 saturated carbocycles. The van der Waals surface area contributed by atoms with Gasteiger partial charge in [-0.3, -0.25) is 0 Å². The Kier molecular flexibility index (Phi) is 10.9. The third-order valence-corrected chi connectivity index (χ3v) is 12.8. The summed E-state index contributed by atoms with van der Waals surface area (Å²) >= 11 is 0. The van der Waals surface area contributed by atoms with E-state index in [-0.39, 0.29) is 31.9 Å². The van der Waals surface area contributed by atoms with Gasteiger partial charge in [0, 0.05) is 39.9 Å². The Morgan fingerprint density at radius 3 is 1.52 bits per heavy atom. The molecule has 0 aliphatic carbocycles. The van der Waals surface area contributed by atoms with Crippen LogP contribution in [0.3, 0.4) is 0 Å². The molecule has 0 bridgehead atoms. The second-order valence-electron chi connectivity index (χ2n) is 19.0. The van der Waals surface area contributed by atoms with Gasteiger partial charge in [0.25, 0.3) is 0 Å².